The van der Waals surface area contributed by atoms with Gasteiger partial charge in [-0.3, -0.25) is 4.79 Å². The number of carbonyl (C=O) groups is 1. The van der Waals surface area contributed by atoms with Crippen LogP contribution in [0, 0.1) is 0 Å². The van der Waals surface area contributed by atoms with Gasteiger partial charge in [0, 0.05) is 25.3 Å². The number of hydrogen-bond acceptors (Lipinski definition) is 4. The number of amides is 1. The average molecular weight is 304 g/mol. The van der Waals surface area contributed by atoms with Crippen LogP contribution in [0.5, 0.6) is 0 Å². The molecule has 1 saturated heterocycles. The van der Waals surface area contributed by atoms with Crippen molar-refractivity contribution in [1.82, 2.24) is 4.90 Å². The number of anilines is 1. The molecule has 0 unspecified atom stereocenters. The van der Waals surface area contributed by atoms with E-state index in [1.54, 1.807) is 17.0 Å². The number of rotatable bonds is 6. The quantitative estimate of drug-likeness (QED) is 0.788. The Morgan fingerprint density at radius 2 is 2.23 bits per heavy atom. The summed E-state index contributed by atoms with van der Waals surface area (Å²) in [5, 5.41) is 13.2. The van der Waals surface area contributed by atoms with E-state index < -0.39 is 6.10 Å². The van der Waals surface area contributed by atoms with Crippen molar-refractivity contribution in [3.63, 3.8) is 0 Å². The van der Waals surface area contributed by atoms with Crippen LogP contribution >= 0.6 is 0 Å². The lowest BCUT2D eigenvalue weighted by molar-refractivity contribution is -0.0394. The van der Waals surface area contributed by atoms with E-state index in [0.29, 0.717) is 25.2 Å². The van der Waals surface area contributed by atoms with Crippen LogP contribution in [0.25, 0.3) is 0 Å². The molecule has 2 rings (SSSR count). The van der Waals surface area contributed by atoms with Crippen LogP contribution in [-0.4, -0.2) is 53.9 Å². The van der Waals surface area contributed by atoms with Gasteiger partial charge in [-0.15, -0.1) is 6.58 Å². The smallest absolute Gasteiger partial charge is 0.256 e. The molecule has 0 saturated carbocycles. The first-order valence-electron chi connectivity index (χ1n) is 7.59. The summed E-state index contributed by atoms with van der Waals surface area (Å²) in [4.78, 5) is 14.3. The molecule has 1 aliphatic heterocycles. The zero-order chi connectivity index (χ0) is 16.1. The number of para-hydroxylation sites is 1. The van der Waals surface area contributed by atoms with E-state index in [2.05, 4.69) is 11.9 Å². The summed E-state index contributed by atoms with van der Waals surface area (Å²) in [6.07, 6.45) is 0.807. The molecular weight excluding hydrogens is 280 g/mol. The summed E-state index contributed by atoms with van der Waals surface area (Å²) < 4.78 is 5.66. The molecule has 1 heterocycles. The van der Waals surface area contributed by atoms with Crippen molar-refractivity contribution in [2.45, 2.75) is 32.2 Å². The number of β-amino-alcohol motifs (C(OH)–C–C–N with tert-alkyl or cyclic N) is 1. The van der Waals surface area contributed by atoms with Gasteiger partial charge in [0.25, 0.3) is 5.91 Å². The molecule has 0 aliphatic carbocycles. The minimum Gasteiger partial charge on any atom is -0.388 e. The minimum atomic E-state index is -0.639. The van der Waals surface area contributed by atoms with Crippen LogP contribution in [0.4, 0.5) is 5.69 Å². The lowest BCUT2D eigenvalue weighted by atomic mass is 10.1. The van der Waals surface area contributed by atoms with Gasteiger partial charge in [-0.05, 0) is 26.0 Å². The second-order valence-corrected chi connectivity index (χ2v) is 5.72. The topological polar surface area (TPSA) is 61.8 Å². The number of carbonyl (C=O) groups excluding carboxylic acids is 1. The first-order chi connectivity index (χ1) is 10.5. The molecule has 0 radical (unpaired) electrons. The van der Waals surface area contributed by atoms with Gasteiger partial charge < -0.3 is 20.1 Å². The fourth-order valence-corrected chi connectivity index (χ4v) is 2.58. The van der Waals surface area contributed by atoms with E-state index in [0.717, 1.165) is 5.69 Å². The van der Waals surface area contributed by atoms with Crippen LogP contribution in [0.1, 0.15) is 24.2 Å². The number of nitrogens with one attached hydrogen (secondary N) is 1. The third kappa shape index (κ3) is 3.87. The third-order valence-corrected chi connectivity index (χ3v) is 3.57. The Morgan fingerprint density at radius 1 is 1.50 bits per heavy atom. The molecule has 1 aromatic rings. The fraction of sp³-hybridized carbons (Fsp3) is 0.471. The minimum absolute atomic E-state index is 0.0243. The highest BCUT2D eigenvalue weighted by Crippen LogP contribution is 2.22. The van der Waals surface area contributed by atoms with Gasteiger partial charge in [0.05, 0.1) is 17.8 Å². The third-order valence-electron chi connectivity index (χ3n) is 3.57. The number of aliphatic hydroxyl groups is 1. The Kier molecular flexibility index (Phi) is 5.57. The maximum Gasteiger partial charge on any atom is 0.256 e. The number of aliphatic hydroxyl groups excluding tert-OH is 1. The number of nitrogens with zero attached hydrogens (tertiary/aromatic N) is 1. The van der Waals surface area contributed by atoms with Gasteiger partial charge in [0.1, 0.15) is 6.10 Å². The number of ether oxygens (including phenoxy) is 1. The van der Waals surface area contributed by atoms with E-state index in [9.17, 15) is 9.90 Å². The molecule has 1 fully saturated rings. The summed E-state index contributed by atoms with van der Waals surface area (Å²) >= 11 is 0. The van der Waals surface area contributed by atoms with E-state index in [4.69, 9.17) is 4.74 Å². The molecule has 1 aliphatic rings. The van der Waals surface area contributed by atoms with Crippen LogP contribution in [-0.2, 0) is 4.74 Å². The lowest BCUT2D eigenvalue weighted by Gasteiger charge is -2.19. The highest BCUT2D eigenvalue weighted by Gasteiger charge is 2.36. The molecule has 5 heteroatoms. The molecule has 2 atom stereocenters. The maximum atomic E-state index is 12.7. The van der Waals surface area contributed by atoms with Crippen LogP contribution < -0.4 is 5.32 Å². The van der Waals surface area contributed by atoms with Crippen molar-refractivity contribution in [2.24, 2.45) is 0 Å². The van der Waals surface area contributed by atoms with Crippen molar-refractivity contribution < 1.29 is 14.6 Å². The van der Waals surface area contributed by atoms with Crippen molar-refractivity contribution in [3.8, 4) is 0 Å². The Labute approximate surface area is 131 Å². The Morgan fingerprint density at radius 3 is 2.91 bits per heavy atom. The summed E-state index contributed by atoms with van der Waals surface area (Å²) in [5.41, 5.74) is 1.37. The highest BCUT2D eigenvalue weighted by molar-refractivity contribution is 5.99. The first kappa shape index (κ1) is 16.5. The molecule has 22 heavy (non-hydrogen) atoms. The normalized spacial score (nSPS) is 21.2. The maximum absolute atomic E-state index is 12.7. The molecule has 1 aromatic carbocycles. The van der Waals surface area contributed by atoms with E-state index in [1.165, 1.54) is 0 Å². The predicted molar refractivity (Wildman–Crippen MR) is 87.0 cm³/mol. The lowest BCUT2D eigenvalue weighted by Crippen LogP contribution is -2.31. The van der Waals surface area contributed by atoms with Crippen LogP contribution in [0.3, 0.4) is 0 Å². The number of benzene rings is 1. The van der Waals surface area contributed by atoms with Crippen LogP contribution in [0.15, 0.2) is 36.9 Å². The average Bonchev–Trinajstić information content (AvgIpc) is 2.85. The van der Waals surface area contributed by atoms with Gasteiger partial charge in [-0.2, -0.15) is 0 Å². The van der Waals surface area contributed by atoms with Crippen molar-refractivity contribution in [2.75, 3.05) is 25.0 Å². The van der Waals surface area contributed by atoms with E-state index in [-0.39, 0.29) is 18.1 Å². The summed E-state index contributed by atoms with van der Waals surface area (Å²) in [6, 6.07) is 7.37. The predicted octanol–water partition coefficient (Wildman–Crippen LogP) is 1.89. The van der Waals surface area contributed by atoms with Gasteiger partial charge in [0.2, 0.25) is 0 Å². The largest absolute Gasteiger partial charge is 0.388 e. The zero-order valence-electron chi connectivity index (χ0n) is 13.2. The Balaban J connectivity index is 2.10. The second-order valence-electron chi connectivity index (χ2n) is 5.72. The summed E-state index contributed by atoms with van der Waals surface area (Å²) in [7, 11) is 0. The van der Waals surface area contributed by atoms with E-state index in [1.807, 2.05) is 32.0 Å². The highest BCUT2D eigenvalue weighted by atomic mass is 16.5. The standard InChI is InChI=1S/C17H24N2O3/c1-4-9-18-14-8-6-5-7-13(14)17(21)19-10-15(20)16(11-19)22-12(2)3/h4-8,12,15-16,18,20H,1,9-11H2,2-3H3/t15-,16-/m1/s1. The molecule has 0 aromatic heterocycles. The molecular formula is C17H24N2O3. The number of likely N-dealkylation sites (tertiary alicyclic amines) is 1. The monoisotopic (exact) mass is 304 g/mol. The summed E-state index contributed by atoms with van der Waals surface area (Å²) in [5.74, 6) is -0.0962. The molecule has 120 valence electrons. The van der Waals surface area contributed by atoms with Gasteiger partial charge in [-0.1, -0.05) is 18.2 Å². The van der Waals surface area contributed by atoms with Crippen molar-refractivity contribution in [3.05, 3.63) is 42.5 Å². The molecule has 0 bridgehead atoms. The molecule has 0 spiro atoms. The zero-order valence-corrected chi connectivity index (χ0v) is 13.2. The Bertz CT molecular complexity index is 530. The molecule has 1 amide bonds. The summed E-state index contributed by atoms with van der Waals surface area (Å²) in [6.45, 7) is 8.81. The number of hydrogen-bond donors (Lipinski definition) is 2. The fourth-order valence-electron chi connectivity index (χ4n) is 2.58. The van der Waals surface area contributed by atoms with Gasteiger partial charge in [-0.25, -0.2) is 0 Å². The van der Waals surface area contributed by atoms with Gasteiger partial charge >= 0.3 is 0 Å². The van der Waals surface area contributed by atoms with Crippen LogP contribution in [0.2, 0.25) is 0 Å². The molecule has 5 nitrogen and oxygen atoms in total. The second kappa shape index (κ2) is 7.42. The molecule has 2 N–H and O–H groups in total. The van der Waals surface area contributed by atoms with Crippen molar-refractivity contribution >= 4 is 11.6 Å². The van der Waals surface area contributed by atoms with Gasteiger partial charge in [0.15, 0.2) is 0 Å². The van der Waals surface area contributed by atoms with Crippen molar-refractivity contribution in [1.29, 1.82) is 0 Å². The van der Waals surface area contributed by atoms with E-state index >= 15 is 0 Å². The SMILES string of the molecule is C=CCNc1ccccc1C(=O)N1C[C@@H](O)[C@H](OC(C)C)C1. The first-order valence-corrected chi connectivity index (χ1v) is 7.59. The Hall–Kier alpha value is -1.85.